The van der Waals surface area contributed by atoms with Crippen LogP contribution in [0.4, 0.5) is 5.95 Å². The maximum Gasteiger partial charge on any atom is 0.222 e. The summed E-state index contributed by atoms with van der Waals surface area (Å²) in [6.07, 6.45) is 6.32. The van der Waals surface area contributed by atoms with Gasteiger partial charge in [-0.3, -0.25) is 0 Å². The van der Waals surface area contributed by atoms with E-state index in [1.54, 1.807) is 23.4 Å². The molecule has 0 saturated heterocycles. The van der Waals surface area contributed by atoms with E-state index < -0.39 is 0 Å². The van der Waals surface area contributed by atoms with Crippen molar-refractivity contribution in [2.45, 2.75) is 25.9 Å². The molecule has 0 radical (unpaired) electrons. The van der Waals surface area contributed by atoms with Crippen molar-refractivity contribution in [3.8, 4) is 0 Å². The van der Waals surface area contributed by atoms with E-state index in [1.807, 2.05) is 13.8 Å². The fourth-order valence-electron chi connectivity index (χ4n) is 1.37. The Hall–Kier alpha value is -1.69. The van der Waals surface area contributed by atoms with Crippen LogP contribution >= 0.6 is 11.6 Å². The van der Waals surface area contributed by atoms with Crippen LogP contribution in [-0.4, -0.2) is 30.8 Å². The molecule has 2 aromatic heterocycles. The fraction of sp³-hybridized carbons (Fsp3) is 0.400. The SMILES string of the molecule is C[C@@H](Nc1ncc(Cl)cn1)[C@H](C)n1cncn1. The summed E-state index contributed by atoms with van der Waals surface area (Å²) in [7, 11) is 0. The van der Waals surface area contributed by atoms with Gasteiger partial charge in [-0.15, -0.1) is 0 Å². The van der Waals surface area contributed by atoms with Gasteiger partial charge in [0.25, 0.3) is 0 Å². The Morgan fingerprint density at radius 1 is 1.29 bits per heavy atom. The number of nitrogens with one attached hydrogen (secondary N) is 1. The Balaban J connectivity index is 2.01. The number of hydrogen-bond acceptors (Lipinski definition) is 5. The van der Waals surface area contributed by atoms with Gasteiger partial charge in [-0.25, -0.2) is 19.6 Å². The van der Waals surface area contributed by atoms with Crippen molar-refractivity contribution >= 4 is 17.5 Å². The largest absolute Gasteiger partial charge is 0.350 e. The lowest BCUT2D eigenvalue weighted by Gasteiger charge is -2.20. The van der Waals surface area contributed by atoms with Crippen molar-refractivity contribution in [3.05, 3.63) is 30.1 Å². The second-order valence-corrected chi connectivity index (χ2v) is 4.21. The third-order valence-electron chi connectivity index (χ3n) is 2.55. The van der Waals surface area contributed by atoms with Crippen molar-refractivity contribution in [2.24, 2.45) is 0 Å². The third-order valence-corrected chi connectivity index (χ3v) is 2.75. The van der Waals surface area contributed by atoms with Crippen molar-refractivity contribution in [3.63, 3.8) is 0 Å². The highest BCUT2D eigenvalue weighted by molar-refractivity contribution is 6.30. The average molecular weight is 253 g/mol. The standard InChI is InChI=1S/C10H13ClN6/c1-7(8(2)17-6-12-5-15-17)16-10-13-3-9(11)4-14-10/h3-8H,1-2H3,(H,13,14,16)/t7-,8+/m1/s1. The smallest absolute Gasteiger partial charge is 0.222 e. The van der Waals surface area contributed by atoms with E-state index >= 15 is 0 Å². The average Bonchev–Trinajstić information content (AvgIpc) is 2.84. The molecule has 2 rings (SSSR count). The van der Waals surface area contributed by atoms with Gasteiger partial charge in [0.15, 0.2) is 0 Å². The van der Waals surface area contributed by atoms with E-state index in [9.17, 15) is 0 Å². The fourth-order valence-corrected chi connectivity index (χ4v) is 1.47. The van der Waals surface area contributed by atoms with Gasteiger partial charge in [0.05, 0.1) is 23.5 Å². The summed E-state index contributed by atoms with van der Waals surface area (Å²) >= 11 is 5.72. The molecule has 0 bridgehead atoms. The monoisotopic (exact) mass is 252 g/mol. The number of halogens is 1. The first-order valence-electron chi connectivity index (χ1n) is 5.25. The maximum absolute atomic E-state index is 5.72. The van der Waals surface area contributed by atoms with Crippen molar-refractivity contribution in [2.75, 3.05) is 5.32 Å². The minimum absolute atomic E-state index is 0.123. The summed E-state index contributed by atoms with van der Waals surface area (Å²) in [5.41, 5.74) is 0. The van der Waals surface area contributed by atoms with Crippen LogP contribution < -0.4 is 5.32 Å². The number of hydrogen-bond donors (Lipinski definition) is 1. The zero-order valence-electron chi connectivity index (χ0n) is 9.58. The van der Waals surface area contributed by atoms with Gasteiger partial charge in [0, 0.05) is 6.04 Å². The highest BCUT2D eigenvalue weighted by atomic mass is 35.5. The summed E-state index contributed by atoms with van der Waals surface area (Å²) in [5.74, 6) is 0.550. The van der Waals surface area contributed by atoms with Crippen LogP contribution in [0.5, 0.6) is 0 Å². The second kappa shape index (κ2) is 5.09. The summed E-state index contributed by atoms with van der Waals surface area (Å²) in [5, 5.41) is 7.81. The molecule has 0 amide bonds. The molecule has 2 atom stereocenters. The number of rotatable bonds is 4. The van der Waals surface area contributed by atoms with Gasteiger partial charge in [0.2, 0.25) is 5.95 Å². The van der Waals surface area contributed by atoms with Crippen molar-refractivity contribution in [1.29, 1.82) is 0 Å². The van der Waals surface area contributed by atoms with Gasteiger partial charge in [-0.05, 0) is 13.8 Å². The van der Waals surface area contributed by atoms with Crippen LogP contribution in [0.25, 0.3) is 0 Å². The predicted octanol–water partition coefficient (Wildman–Crippen LogP) is 1.78. The van der Waals surface area contributed by atoms with Crippen LogP contribution in [0.1, 0.15) is 19.9 Å². The Bertz CT molecular complexity index is 454. The Morgan fingerprint density at radius 2 is 2.00 bits per heavy atom. The first kappa shape index (κ1) is 11.8. The summed E-state index contributed by atoms with van der Waals surface area (Å²) in [4.78, 5) is 12.1. The molecular formula is C10H13ClN6. The van der Waals surface area contributed by atoms with E-state index in [0.29, 0.717) is 11.0 Å². The van der Waals surface area contributed by atoms with E-state index in [0.717, 1.165) is 0 Å². The molecule has 0 saturated carbocycles. The van der Waals surface area contributed by atoms with Crippen LogP contribution in [-0.2, 0) is 0 Å². The molecule has 0 unspecified atom stereocenters. The molecule has 0 fully saturated rings. The molecule has 0 aliphatic carbocycles. The topological polar surface area (TPSA) is 68.5 Å². The lowest BCUT2D eigenvalue weighted by Crippen LogP contribution is -2.27. The lowest BCUT2D eigenvalue weighted by molar-refractivity contribution is 0.441. The molecule has 17 heavy (non-hydrogen) atoms. The summed E-state index contributed by atoms with van der Waals surface area (Å²) in [6.45, 7) is 4.08. The molecule has 2 heterocycles. The Morgan fingerprint density at radius 3 is 2.59 bits per heavy atom. The molecule has 0 spiro atoms. The highest BCUT2D eigenvalue weighted by Gasteiger charge is 2.15. The van der Waals surface area contributed by atoms with Gasteiger partial charge in [-0.1, -0.05) is 11.6 Å². The molecule has 0 aromatic carbocycles. The van der Waals surface area contributed by atoms with Crippen LogP contribution in [0.15, 0.2) is 25.0 Å². The maximum atomic E-state index is 5.72. The quantitative estimate of drug-likeness (QED) is 0.898. The molecule has 90 valence electrons. The summed E-state index contributed by atoms with van der Waals surface area (Å²) < 4.78 is 1.79. The van der Waals surface area contributed by atoms with E-state index in [2.05, 4.69) is 25.4 Å². The normalized spacial score (nSPS) is 14.3. The van der Waals surface area contributed by atoms with E-state index in [-0.39, 0.29) is 12.1 Å². The second-order valence-electron chi connectivity index (χ2n) is 3.77. The van der Waals surface area contributed by atoms with Gasteiger partial charge in [-0.2, -0.15) is 5.10 Å². The van der Waals surface area contributed by atoms with Crippen molar-refractivity contribution in [1.82, 2.24) is 24.7 Å². The molecule has 2 aromatic rings. The van der Waals surface area contributed by atoms with Crippen LogP contribution in [0, 0.1) is 0 Å². The summed E-state index contributed by atoms with van der Waals surface area (Å²) in [6, 6.07) is 0.273. The first-order valence-corrected chi connectivity index (χ1v) is 5.63. The molecule has 0 aliphatic heterocycles. The van der Waals surface area contributed by atoms with Gasteiger partial charge >= 0.3 is 0 Å². The van der Waals surface area contributed by atoms with Crippen LogP contribution in [0.3, 0.4) is 0 Å². The van der Waals surface area contributed by atoms with E-state index in [1.165, 1.54) is 6.33 Å². The van der Waals surface area contributed by atoms with Gasteiger partial charge in [0.1, 0.15) is 12.7 Å². The van der Waals surface area contributed by atoms with Gasteiger partial charge < -0.3 is 5.32 Å². The predicted molar refractivity (Wildman–Crippen MR) is 64.9 cm³/mol. The van der Waals surface area contributed by atoms with Crippen LogP contribution in [0.2, 0.25) is 5.02 Å². The zero-order valence-corrected chi connectivity index (χ0v) is 10.3. The third kappa shape index (κ3) is 2.91. The number of anilines is 1. The Labute approximate surface area is 104 Å². The minimum Gasteiger partial charge on any atom is -0.350 e. The minimum atomic E-state index is 0.123. The number of aromatic nitrogens is 5. The lowest BCUT2D eigenvalue weighted by atomic mass is 10.2. The number of nitrogens with zero attached hydrogens (tertiary/aromatic N) is 5. The van der Waals surface area contributed by atoms with E-state index in [4.69, 9.17) is 11.6 Å². The van der Waals surface area contributed by atoms with Crippen molar-refractivity contribution < 1.29 is 0 Å². The Kier molecular flexibility index (Phi) is 3.53. The first-order chi connectivity index (χ1) is 8.16. The zero-order chi connectivity index (χ0) is 12.3. The molecule has 1 N–H and O–H groups in total. The molecule has 7 heteroatoms. The highest BCUT2D eigenvalue weighted by Crippen LogP contribution is 2.13. The molecule has 6 nitrogen and oxygen atoms in total. The molecular weight excluding hydrogens is 240 g/mol. The molecule has 0 aliphatic rings.